The van der Waals surface area contributed by atoms with Crippen LogP contribution in [0.15, 0.2) is 27.6 Å². The van der Waals surface area contributed by atoms with Gasteiger partial charge in [0.1, 0.15) is 0 Å². The second-order valence-electron chi connectivity index (χ2n) is 4.69. The van der Waals surface area contributed by atoms with E-state index in [4.69, 9.17) is 5.73 Å². The number of hydrogen-bond donors (Lipinski definition) is 3. The van der Waals surface area contributed by atoms with Gasteiger partial charge in [-0.05, 0) is 44.1 Å². The third-order valence-electron chi connectivity index (χ3n) is 3.13. The highest BCUT2D eigenvalue weighted by Gasteiger charge is 2.22. The van der Waals surface area contributed by atoms with E-state index in [2.05, 4.69) is 26.0 Å². The number of nitrogens with two attached hydrogens (primary N) is 1. The molecule has 0 atom stereocenters. The van der Waals surface area contributed by atoms with Crippen LogP contribution >= 0.6 is 28.3 Å². The molecule has 0 unspecified atom stereocenters. The number of carbonyl (C=O) groups excluding carboxylic acids is 1. The molecule has 9 heteroatoms. The number of sulfonamides is 1. The minimum Gasteiger partial charge on any atom is -0.366 e. The fourth-order valence-electron chi connectivity index (χ4n) is 2.09. The summed E-state index contributed by atoms with van der Waals surface area (Å²) in [4.78, 5) is 11.2. The van der Waals surface area contributed by atoms with Crippen molar-refractivity contribution in [3.05, 3.63) is 28.2 Å². The number of nitrogens with one attached hydrogen (secondary N) is 2. The van der Waals surface area contributed by atoms with Gasteiger partial charge in [0, 0.05) is 16.1 Å². The summed E-state index contributed by atoms with van der Waals surface area (Å²) < 4.78 is 27.8. The maximum atomic E-state index is 12.3. The number of rotatable bonds is 4. The van der Waals surface area contributed by atoms with Crippen molar-refractivity contribution in [2.75, 3.05) is 13.1 Å². The average molecular weight is 399 g/mol. The first-order chi connectivity index (χ1) is 9.38. The minimum absolute atomic E-state index is 0. The normalized spacial score (nSPS) is 16.2. The molecule has 1 aromatic carbocycles. The standard InChI is InChI=1S/C12H16BrN3O3S.ClH/c13-9-5-8(12(14)17)6-11(7-9)20(18,19)16-10-1-3-15-4-2-10;/h5-7,10,15-16H,1-4H2,(H2,14,17);1H. The molecule has 21 heavy (non-hydrogen) atoms. The average Bonchev–Trinajstić information content (AvgIpc) is 2.38. The van der Waals surface area contributed by atoms with Crippen LogP contribution in [0.3, 0.4) is 0 Å². The number of amides is 1. The van der Waals surface area contributed by atoms with Crippen LogP contribution in [0, 0.1) is 0 Å². The number of halogens is 2. The van der Waals surface area contributed by atoms with Gasteiger partial charge >= 0.3 is 0 Å². The van der Waals surface area contributed by atoms with Gasteiger partial charge in [-0.2, -0.15) is 0 Å². The Hall–Kier alpha value is -0.670. The molecule has 4 N–H and O–H groups in total. The first kappa shape index (κ1) is 18.4. The fourth-order valence-corrected chi connectivity index (χ4v) is 4.11. The molecule has 0 spiro atoms. The zero-order valence-electron chi connectivity index (χ0n) is 11.1. The van der Waals surface area contributed by atoms with Crippen molar-refractivity contribution in [3.63, 3.8) is 0 Å². The maximum absolute atomic E-state index is 12.3. The lowest BCUT2D eigenvalue weighted by Gasteiger charge is -2.23. The molecule has 1 saturated heterocycles. The van der Waals surface area contributed by atoms with E-state index in [-0.39, 0.29) is 28.9 Å². The number of primary amides is 1. The van der Waals surface area contributed by atoms with Crippen LogP contribution in [-0.4, -0.2) is 33.5 Å². The number of hydrogen-bond acceptors (Lipinski definition) is 4. The Kier molecular flexibility index (Phi) is 6.61. The van der Waals surface area contributed by atoms with Gasteiger partial charge in [0.25, 0.3) is 0 Å². The molecule has 0 saturated carbocycles. The molecule has 1 heterocycles. The molecule has 1 fully saturated rings. The van der Waals surface area contributed by atoms with Gasteiger partial charge in [0.2, 0.25) is 15.9 Å². The summed E-state index contributed by atoms with van der Waals surface area (Å²) >= 11 is 3.19. The Balaban J connectivity index is 0.00000220. The summed E-state index contributed by atoms with van der Waals surface area (Å²) in [7, 11) is -3.65. The molecule has 0 bridgehead atoms. The van der Waals surface area contributed by atoms with Crippen LogP contribution < -0.4 is 15.8 Å². The quantitative estimate of drug-likeness (QED) is 0.704. The van der Waals surface area contributed by atoms with Gasteiger partial charge < -0.3 is 11.1 Å². The number of carbonyl (C=O) groups is 1. The van der Waals surface area contributed by atoms with Crippen molar-refractivity contribution in [3.8, 4) is 0 Å². The minimum atomic E-state index is -3.65. The SMILES string of the molecule is Cl.NC(=O)c1cc(Br)cc(S(=O)(=O)NC2CCNCC2)c1. The van der Waals surface area contributed by atoms with Crippen LogP contribution in [0.5, 0.6) is 0 Å². The van der Waals surface area contributed by atoms with Gasteiger partial charge in [-0.1, -0.05) is 15.9 Å². The molecule has 6 nitrogen and oxygen atoms in total. The molecular weight excluding hydrogens is 382 g/mol. The zero-order valence-corrected chi connectivity index (χ0v) is 14.4. The Morgan fingerprint density at radius 2 is 1.90 bits per heavy atom. The Morgan fingerprint density at radius 1 is 1.29 bits per heavy atom. The largest absolute Gasteiger partial charge is 0.366 e. The lowest BCUT2D eigenvalue weighted by Crippen LogP contribution is -2.42. The third kappa shape index (κ3) is 4.93. The molecule has 2 rings (SSSR count). The summed E-state index contributed by atoms with van der Waals surface area (Å²) in [5, 5.41) is 3.17. The lowest BCUT2D eigenvalue weighted by atomic mass is 10.1. The summed E-state index contributed by atoms with van der Waals surface area (Å²) in [6.45, 7) is 1.58. The van der Waals surface area contributed by atoms with E-state index in [9.17, 15) is 13.2 Å². The molecule has 118 valence electrons. The predicted molar refractivity (Wildman–Crippen MR) is 86.1 cm³/mol. The van der Waals surface area contributed by atoms with Crippen LogP contribution in [0.2, 0.25) is 0 Å². The molecule has 0 aromatic heterocycles. The molecule has 1 aliphatic rings. The van der Waals surface area contributed by atoms with Crippen molar-refractivity contribution in [2.24, 2.45) is 5.73 Å². The molecular formula is C12H17BrClN3O3S. The van der Waals surface area contributed by atoms with Crippen LogP contribution in [0.25, 0.3) is 0 Å². The van der Waals surface area contributed by atoms with Gasteiger partial charge in [0.15, 0.2) is 0 Å². The highest BCUT2D eigenvalue weighted by molar-refractivity contribution is 9.10. The first-order valence-electron chi connectivity index (χ1n) is 6.22. The molecule has 1 aliphatic heterocycles. The summed E-state index contributed by atoms with van der Waals surface area (Å²) in [5.74, 6) is -0.662. The monoisotopic (exact) mass is 397 g/mol. The Bertz CT molecular complexity index is 618. The van der Waals surface area contributed by atoms with E-state index in [1.54, 1.807) is 0 Å². The maximum Gasteiger partial charge on any atom is 0.248 e. The predicted octanol–water partition coefficient (Wildman–Crippen LogP) is 1.00. The van der Waals surface area contributed by atoms with Crippen LogP contribution in [0.1, 0.15) is 23.2 Å². The van der Waals surface area contributed by atoms with E-state index in [1.807, 2.05) is 0 Å². The van der Waals surface area contributed by atoms with Crippen LogP contribution in [0.4, 0.5) is 0 Å². The van der Waals surface area contributed by atoms with Crippen molar-refractivity contribution in [1.29, 1.82) is 0 Å². The van der Waals surface area contributed by atoms with Crippen molar-refractivity contribution in [2.45, 2.75) is 23.8 Å². The summed E-state index contributed by atoms with van der Waals surface area (Å²) in [6, 6.07) is 4.15. The van der Waals surface area contributed by atoms with E-state index < -0.39 is 15.9 Å². The first-order valence-corrected chi connectivity index (χ1v) is 8.49. The van der Waals surface area contributed by atoms with Gasteiger partial charge in [-0.25, -0.2) is 13.1 Å². The number of benzene rings is 1. The van der Waals surface area contributed by atoms with E-state index in [0.29, 0.717) is 4.47 Å². The van der Waals surface area contributed by atoms with Crippen LogP contribution in [-0.2, 0) is 10.0 Å². The summed E-state index contributed by atoms with van der Waals surface area (Å²) in [6.07, 6.45) is 1.49. The molecule has 1 aromatic rings. The Morgan fingerprint density at radius 3 is 2.48 bits per heavy atom. The van der Waals surface area contributed by atoms with E-state index >= 15 is 0 Å². The van der Waals surface area contributed by atoms with Gasteiger partial charge in [-0.3, -0.25) is 4.79 Å². The van der Waals surface area contributed by atoms with Crippen molar-refractivity contribution < 1.29 is 13.2 Å². The van der Waals surface area contributed by atoms with E-state index in [0.717, 1.165) is 25.9 Å². The smallest absolute Gasteiger partial charge is 0.248 e. The van der Waals surface area contributed by atoms with Gasteiger partial charge in [0.05, 0.1) is 4.90 Å². The molecule has 1 amide bonds. The van der Waals surface area contributed by atoms with Gasteiger partial charge in [-0.15, -0.1) is 12.4 Å². The summed E-state index contributed by atoms with van der Waals surface area (Å²) in [5.41, 5.74) is 5.35. The van der Waals surface area contributed by atoms with Crippen molar-refractivity contribution in [1.82, 2.24) is 10.0 Å². The molecule has 0 aliphatic carbocycles. The fraction of sp³-hybridized carbons (Fsp3) is 0.417. The number of piperidine rings is 1. The lowest BCUT2D eigenvalue weighted by molar-refractivity contribution is 0.1000. The van der Waals surface area contributed by atoms with Crippen molar-refractivity contribution >= 4 is 44.3 Å². The highest BCUT2D eigenvalue weighted by Crippen LogP contribution is 2.20. The molecule has 0 radical (unpaired) electrons. The van der Waals surface area contributed by atoms with E-state index in [1.165, 1.54) is 18.2 Å². The third-order valence-corrected chi connectivity index (χ3v) is 5.08. The Labute approximate surface area is 138 Å². The zero-order chi connectivity index (χ0) is 14.8. The second kappa shape index (κ2) is 7.55. The highest BCUT2D eigenvalue weighted by atomic mass is 79.9. The second-order valence-corrected chi connectivity index (χ2v) is 7.32. The topological polar surface area (TPSA) is 101 Å².